The fourth-order valence-corrected chi connectivity index (χ4v) is 3.03. The molecule has 0 spiro atoms. The first-order chi connectivity index (χ1) is 13.4. The molecule has 28 heavy (non-hydrogen) atoms. The fourth-order valence-electron chi connectivity index (χ4n) is 3.03. The number of amides is 2. The predicted octanol–water partition coefficient (Wildman–Crippen LogP) is 3.85. The van der Waals surface area contributed by atoms with Crippen molar-refractivity contribution in [1.29, 1.82) is 0 Å². The minimum Gasteiger partial charge on any atom is -0.491 e. The molecule has 2 aromatic rings. The molecule has 0 bridgehead atoms. The maximum atomic E-state index is 12.8. The molecule has 0 aromatic heterocycles. The summed E-state index contributed by atoms with van der Waals surface area (Å²) < 4.78 is 11.1. The molecule has 0 unspecified atom stereocenters. The van der Waals surface area contributed by atoms with Gasteiger partial charge in [-0.3, -0.25) is 0 Å². The van der Waals surface area contributed by atoms with E-state index in [2.05, 4.69) is 10.6 Å². The quantitative estimate of drug-likeness (QED) is 0.747. The van der Waals surface area contributed by atoms with Gasteiger partial charge >= 0.3 is 12.0 Å². The number of esters is 1. The van der Waals surface area contributed by atoms with Crippen molar-refractivity contribution in [2.45, 2.75) is 39.5 Å². The van der Waals surface area contributed by atoms with Crippen LogP contribution in [0, 0.1) is 0 Å². The van der Waals surface area contributed by atoms with Crippen LogP contribution in [0.5, 0.6) is 5.75 Å². The van der Waals surface area contributed by atoms with Crippen molar-refractivity contribution < 1.29 is 19.1 Å². The highest BCUT2D eigenvalue weighted by molar-refractivity contribution is 5.95. The van der Waals surface area contributed by atoms with Crippen LogP contribution in [-0.4, -0.2) is 18.1 Å². The lowest BCUT2D eigenvalue weighted by Gasteiger charge is -2.28. The van der Waals surface area contributed by atoms with Gasteiger partial charge in [0, 0.05) is 5.70 Å². The second-order valence-electron chi connectivity index (χ2n) is 6.87. The van der Waals surface area contributed by atoms with Crippen molar-refractivity contribution in [3.8, 4) is 5.75 Å². The topological polar surface area (TPSA) is 76.7 Å². The van der Waals surface area contributed by atoms with E-state index in [1.165, 1.54) is 0 Å². The van der Waals surface area contributed by atoms with Crippen LogP contribution in [0.2, 0.25) is 0 Å². The third-order valence-electron chi connectivity index (χ3n) is 4.29. The highest BCUT2D eigenvalue weighted by Gasteiger charge is 2.32. The van der Waals surface area contributed by atoms with E-state index in [1.807, 2.05) is 68.4 Å². The van der Waals surface area contributed by atoms with Gasteiger partial charge in [-0.2, -0.15) is 0 Å². The molecule has 146 valence electrons. The smallest absolute Gasteiger partial charge is 0.338 e. The van der Waals surface area contributed by atoms with Crippen molar-refractivity contribution in [2.75, 3.05) is 0 Å². The Balaban J connectivity index is 1.81. The van der Waals surface area contributed by atoms with Gasteiger partial charge in [0.2, 0.25) is 0 Å². The summed E-state index contributed by atoms with van der Waals surface area (Å²) in [6, 6.07) is 15.8. The average molecular weight is 380 g/mol. The van der Waals surface area contributed by atoms with Gasteiger partial charge in [-0.15, -0.1) is 0 Å². The van der Waals surface area contributed by atoms with Gasteiger partial charge in [-0.05, 0) is 44.0 Å². The van der Waals surface area contributed by atoms with Crippen LogP contribution in [0.1, 0.15) is 37.9 Å². The van der Waals surface area contributed by atoms with Crippen molar-refractivity contribution in [1.82, 2.24) is 10.6 Å². The van der Waals surface area contributed by atoms with E-state index in [-0.39, 0.29) is 18.7 Å². The molecule has 2 aromatic carbocycles. The number of carbonyl (C=O) groups is 2. The first-order valence-electron chi connectivity index (χ1n) is 9.20. The first-order valence-corrected chi connectivity index (χ1v) is 9.20. The molecule has 2 amide bonds. The van der Waals surface area contributed by atoms with E-state index in [0.29, 0.717) is 11.3 Å². The summed E-state index contributed by atoms with van der Waals surface area (Å²) in [6.45, 7) is 5.77. The summed E-state index contributed by atoms with van der Waals surface area (Å²) in [4.78, 5) is 24.8. The van der Waals surface area contributed by atoms with Crippen molar-refractivity contribution in [2.24, 2.45) is 0 Å². The van der Waals surface area contributed by atoms with Crippen molar-refractivity contribution in [3.63, 3.8) is 0 Å². The largest absolute Gasteiger partial charge is 0.491 e. The summed E-state index contributed by atoms with van der Waals surface area (Å²) >= 11 is 0. The van der Waals surface area contributed by atoms with Gasteiger partial charge in [-0.1, -0.05) is 42.5 Å². The van der Waals surface area contributed by atoms with E-state index in [1.54, 1.807) is 6.92 Å². The Morgan fingerprint density at radius 1 is 1.07 bits per heavy atom. The first kappa shape index (κ1) is 19.5. The lowest BCUT2D eigenvalue weighted by atomic mass is 9.95. The number of hydrogen-bond acceptors (Lipinski definition) is 4. The second-order valence-corrected chi connectivity index (χ2v) is 6.87. The maximum absolute atomic E-state index is 12.8. The normalized spacial score (nSPS) is 16.4. The predicted molar refractivity (Wildman–Crippen MR) is 106 cm³/mol. The van der Waals surface area contributed by atoms with Gasteiger partial charge in [0.1, 0.15) is 12.4 Å². The Labute approximate surface area is 164 Å². The molecule has 1 heterocycles. The third-order valence-corrected chi connectivity index (χ3v) is 4.29. The van der Waals surface area contributed by atoms with Crippen LogP contribution in [0.15, 0.2) is 65.9 Å². The van der Waals surface area contributed by atoms with Crippen LogP contribution in [0.25, 0.3) is 0 Å². The maximum Gasteiger partial charge on any atom is 0.338 e. The van der Waals surface area contributed by atoms with Crippen LogP contribution in [0.3, 0.4) is 0 Å². The summed E-state index contributed by atoms with van der Waals surface area (Å²) in [5.74, 6) is 0.259. The van der Waals surface area contributed by atoms with Crippen LogP contribution < -0.4 is 15.4 Å². The van der Waals surface area contributed by atoms with Gasteiger partial charge in [0.25, 0.3) is 0 Å². The second kappa shape index (κ2) is 8.61. The molecule has 2 N–H and O–H groups in total. The Morgan fingerprint density at radius 3 is 2.39 bits per heavy atom. The lowest BCUT2D eigenvalue weighted by molar-refractivity contribution is -0.140. The minimum atomic E-state index is -0.592. The number of hydrogen-bond donors (Lipinski definition) is 2. The van der Waals surface area contributed by atoms with E-state index >= 15 is 0 Å². The van der Waals surface area contributed by atoms with Gasteiger partial charge in [0.05, 0.1) is 17.7 Å². The highest BCUT2D eigenvalue weighted by Crippen LogP contribution is 2.29. The summed E-state index contributed by atoms with van der Waals surface area (Å²) in [6.07, 6.45) is 0.0649. The molecule has 1 atom stereocenters. The Hall–Kier alpha value is -3.28. The average Bonchev–Trinajstić information content (AvgIpc) is 2.66. The standard InChI is InChI=1S/C22H24N2O4/c1-14(2)28-18-11-9-17(10-12-18)20-19(15(3)23-22(26)24-20)21(25)27-13-16-7-5-4-6-8-16/h4-12,14,20H,13H2,1-3H3,(H2,23,24,26)/t20-/m1/s1. The number of ether oxygens (including phenoxy) is 2. The van der Waals surface area contributed by atoms with Crippen LogP contribution in [-0.2, 0) is 16.1 Å². The number of carbonyl (C=O) groups excluding carboxylic acids is 2. The van der Waals surface area contributed by atoms with E-state index in [0.717, 1.165) is 16.9 Å². The van der Waals surface area contributed by atoms with Gasteiger partial charge < -0.3 is 20.1 Å². The van der Waals surface area contributed by atoms with Crippen molar-refractivity contribution in [3.05, 3.63) is 77.0 Å². The molecule has 3 rings (SSSR count). The third kappa shape index (κ3) is 4.71. The number of rotatable bonds is 6. The molecule has 1 aliphatic heterocycles. The van der Waals surface area contributed by atoms with Crippen LogP contribution >= 0.6 is 0 Å². The molecule has 0 aliphatic carbocycles. The summed E-state index contributed by atoms with van der Waals surface area (Å²) in [5, 5.41) is 5.45. The lowest BCUT2D eigenvalue weighted by Crippen LogP contribution is -2.45. The zero-order valence-corrected chi connectivity index (χ0v) is 16.2. The van der Waals surface area contributed by atoms with E-state index in [9.17, 15) is 9.59 Å². The molecule has 0 radical (unpaired) electrons. The van der Waals surface area contributed by atoms with Crippen molar-refractivity contribution >= 4 is 12.0 Å². The SMILES string of the molecule is CC1=C(C(=O)OCc2ccccc2)[C@@H](c2ccc(OC(C)C)cc2)NC(=O)N1. The van der Waals surface area contributed by atoms with E-state index < -0.39 is 12.0 Å². The molecule has 1 aliphatic rings. The molecule has 0 saturated carbocycles. The molecule has 0 fully saturated rings. The minimum absolute atomic E-state index is 0.0649. The van der Waals surface area contributed by atoms with Gasteiger partial charge in [-0.25, -0.2) is 9.59 Å². The van der Waals surface area contributed by atoms with Gasteiger partial charge in [0.15, 0.2) is 0 Å². The van der Waals surface area contributed by atoms with E-state index in [4.69, 9.17) is 9.47 Å². The number of nitrogens with one attached hydrogen (secondary N) is 2. The zero-order valence-electron chi connectivity index (χ0n) is 16.2. The molecule has 6 heteroatoms. The fraction of sp³-hybridized carbons (Fsp3) is 0.273. The Bertz CT molecular complexity index is 873. The molecule has 6 nitrogen and oxygen atoms in total. The summed E-state index contributed by atoms with van der Waals surface area (Å²) in [7, 11) is 0. The van der Waals surface area contributed by atoms with Crippen LogP contribution in [0.4, 0.5) is 4.79 Å². The number of allylic oxidation sites excluding steroid dienone is 1. The zero-order chi connectivity index (χ0) is 20.1. The Kier molecular flexibility index (Phi) is 5.99. The molecule has 0 saturated heterocycles. The highest BCUT2D eigenvalue weighted by atomic mass is 16.5. The number of benzene rings is 2. The summed E-state index contributed by atoms with van der Waals surface area (Å²) in [5.41, 5.74) is 2.54. The molecular weight excluding hydrogens is 356 g/mol. The number of urea groups is 1. The molecular formula is C22H24N2O4. The Morgan fingerprint density at radius 2 is 1.75 bits per heavy atom. The monoisotopic (exact) mass is 380 g/mol.